The monoisotopic (exact) mass is 355 g/mol. The molecule has 0 atom stereocenters. The lowest BCUT2D eigenvalue weighted by Gasteiger charge is -2.23. The van der Waals surface area contributed by atoms with Crippen LogP contribution in [0.4, 0.5) is 13.2 Å². The van der Waals surface area contributed by atoms with Gasteiger partial charge in [-0.3, -0.25) is 0 Å². The van der Waals surface area contributed by atoms with Gasteiger partial charge in [0.15, 0.2) is 0 Å². The number of halogens is 3. The zero-order chi connectivity index (χ0) is 18.1. The summed E-state index contributed by atoms with van der Waals surface area (Å²) in [5, 5.41) is 0. The van der Waals surface area contributed by atoms with Gasteiger partial charge < -0.3 is 9.88 Å². The number of H-pyrrole nitrogens is 1. The van der Waals surface area contributed by atoms with Crippen LogP contribution in [0.1, 0.15) is 22.5 Å². The molecule has 3 nitrogen and oxygen atoms in total. The molecule has 0 aliphatic carbocycles. The maximum Gasteiger partial charge on any atom is 0.416 e. The molecule has 0 radical (unpaired) electrons. The van der Waals surface area contributed by atoms with Gasteiger partial charge in [-0.25, -0.2) is 4.98 Å². The summed E-state index contributed by atoms with van der Waals surface area (Å²) in [5.41, 5.74) is 3.11. The highest BCUT2D eigenvalue weighted by molar-refractivity contribution is 5.60. The van der Waals surface area contributed by atoms with Crippen LogP contribution in [0.15, 0.2) is 60.8 Å². The first-order chi connectivity index (χ1) is 12.5. The molecular formula is C20H16F3N3. The van der Waals surface area contributed by atoms with Gasteiger partial charge >= 0.3 is 6.18 Å². The van der Waals surface area contributed by atoms with Crippen LogP contribution in [0.5, 0.6) is 0 Å². The molecule has 0 amide bonds. The molecule has 26 heavy (non-hydrogen) atoms. The number of imidazole rings is 1. The first kappa shape index (κ1) is 16.4. The van der Waals surface area contributed by atoms with E-state index in [0.29, 0.717) is 13.1 Å². The average molecular weight is 355 g/mol. The summed E-state index contributed by atoms with van der Waals surface area (Å²) in [6.45, 7) is 1.14. The Morgan fingerprint density at radius 2 is 1.73 bits per heavy atom. The standard InChI is InChI=1S/C20H16F3N3/c21-20(22,23)16-8-6-14(7-9-16)12-26-11-10-17-18(13-26)25-19(24-17)15-4-2-1-3-5-15/h1-11H,12-13H2,(H,24,25). The van der Waals surface area contributed by atoms with Gasteiger partial charge in [0.1, 0.15) is 5.82 Å². The number of aromatic nitrogens is 2. The highest BCUT2D eigenvalue weighted by Gasteiger charge is 2.30. The fourth-order valence-corrected chi connectivity index (χ4v) is 2.98. The Morgan fingerprint density at radius 3 is 2.42 bits per heavy atom. The largest absolute Gasteiger partial charge is 0.416 e. The number of nitrogens with zero attached hydrogens (tertiary/aromatic N) is 2. The maximum absolute atomic E-state index is 12.7. The lowest BCUT2D eigenvalue weighted by Crippen LogP contribution is -2.19. The summed E-state index contributed by atoms with van der Waals surface area (Å²) < 4.78 is 38.0. The molecule has 1 aliphatic rings. The summed E-state index contributed by atoms with van der Waals surface area (Å²) in [5.74, 6) is 0.816. The number of rotatable bonds is 3. The van der Waals surface area contributed by atoms with E-state index < -0.39 is 11.7 Å². The topological polar surface area (TPSA) is 31.9 Å². The Morgan fingerprint density at radius 1 is 1.00 bits per heavy atom. The van der Waals surface area contributed by atoms with Crippen molar-refractivity contribution in [2.45, 2.75) is 19.3 Å². The van der Waals surface area contributed by atoms with E-state index in [0.717, 1.165) is 40.5 Å². The molecule has 0 spiro atoms. The van der Waals surface area contributed by atoms with Gasteiger partial charge in [-0.15, -0.1) is 0 Å². The minimum atomic E-state index is -4.30. The van der Waals surface area contributed by atoms with Gasteiger partial charge in [-0.05, 0) is 23.8 Å². The molecule has 3 aromatic rings. The van der Waals surface area contributed by atoms with E-state index >= 15 is 0 Å². The first-order valence-corrected chi connectivity index (χ1v) is 8.22. The lowest BCUT2D eigenvalue weighted by atomic mass is 10.1. The van der Waals surface area contributed by atoms with Crippen LogP contribution in [0.2, 0.25) is 0 Å². The van der Waals surface area contributed by atoms with Gasteiger partial charge in [-0.1, -0.05) is 42.5 Å². The fourth-order valence-electron chi connectivity index (χ4n) is 2.98. The second kappa shape index (κ2) is 6.37. The van der Waals surface area contributed by atoms with E-state index in [9.17, 15) is 13.2 Å². The van der Waals surface area contributed by atoms with Crippen molar-refractivity contribution in [1.29, 1.82) is 0 Å². The third kappa shape index (κ3) is 3.35. The van der Waals surface area contributed by atoms with Crippen LogP contribution in [0.25, 0.3) is 17.5 Å². The number of hydrogen-bond donors (Lipinski definition) is 1. The third-order valence-corrected chi connectivity index (χ3v) is 4.33. The van der Waals surface area contributed by atoms with Gasteiger partial charge in [0, 0.05) is 18.3 Å². The van der Waals surface area contributed by atoms with Gasteiger partial charge in [-0.2, -0.15) is 13.2 Å². The van der Waals surface area contributed by atoms with Crippen LogP contribution >= 0.6 is 0 Å². The fraction of sp³-hybridized carbons (Fsp3) is 0.150. The summed E-state index contributed by atoms with van der Waals surface area (Å²) in [4.78, 5) is 10.00. The maximum atomic E-state index is 12.7. The number of benzene rings is 2. The first-order valence-electron chi connectivity index (χ1n) is 8.22. The van der Waals surface area contributed by atoms with Crippen LogP contribution in [-0.2, 0) is 19.3 Å². The molecule has 0 bridgehead atoms. The Labute approximate surface area is 148 Å². The number of hydrogen-bond acceptors (Lipinski definition) is 2. The summed E-state index contributed by atoms with van der Waals surface area (Å²) in [7, 11) is 0. The molecule has 6 heteroatoms. The minimum absolute atomic E-state index is 0.529. The molecule has 0 unspecified atom stereocenters. The second-order valence-corrected chi connectivity index (χ2v) is 6.23. The van der Waals surface area contributed by atoms with Crippen LogP contribution in [0, 0.1) is 0 Å². The molecule has 1 aromatic heterocycles. The molecule has 0 saturated carbocycles. The molecule has 2 heterocycles. The zero-order valence-electron chi connectivity index (χ0n) is 13.8. The Bertz CT molecular complexity index is 925. The van der Waals surface area contributed by atoms with Gasteiger partial charge in [0.2, 0.25) is 0 Å². The summed E-state index contributed by atoms with van der Waals surface area (Å²) >= 11 is 0. The molecule has 1 aliphatic heterocycles. The minimum Gasteiger partial charge on any atom is -0.367 e. The second-order valence-electron chi connectivity index (χ2n) is 6.23. The molecule has 2 aromatic carbocycles. The zero-order valence-corrected chi connectivity index (χ0v) is 13.8. The highest BCUT2D eigenvalue weighted by Crippen LogP contribution is 2.29. The normalized spacial score (nSPS) is 13.7. The van der Waals surface area contributed by atoms with Gasteiger partial charge in [0.05, 0.1) is 23.5 Å². The average Bonchev–Trinajstić information content (AvgIpc) is 3.05. The van der Waals surface area contributed by atoms with Crippen molar-refractivity contribution in [3.63, 3.8) is 0 Å². The van der Waals surface area contributed by atoms with E-state index in [2.05, 4.69) is 9.97 Å². The van der Waals surface area contributed by atoms with Crippen molar-refractivity contribution < 1.29 is 13.2 Å². The lowest BCUT2D eigenvalue weighted by molar-refractivity contribution is -0.137. The predicted molar refractivity (Wildman–Crippen MR) is 93.7 cm³/mol. The van der Waals surface area contributed by atoms with E-state index in [-0.39, 0.29) is 0 Å². The van der Waals surface area contributed by atoms with Crippen LogP contribution < -0.4 is 0 Å². The molecule has 0 fully saturated rings. The Kier molecular flexibility index (Phi) is 4.03. The molecule has 4 rings (SSSR count). The molecular weight excluding hydrogens is 339 g/mol. The van der Waals surface area contributed by atoms with Gasteiger partial charge in [0.25, 0.3) is 0 Å². The molecule has 0 saturated heterocycles. The SMILES string of the molecule is FC(F)(F)c1ccc(CN2C=Cc3[nH]c(-c4ccccc4)nc3C2)cc1. The van der Waals surface area contributed by atoms with E-state index in [1.165, 1.54) is 12.1 Å². The third-order valence-electron chi connectivity index (χ3n) is 4.33. The van der Waals surface area contributed by atoms with Crippen molar-refractivity contribution in [2.24, 2.45) is 0 Å². The Hall–Kier alpha value is -3.02. The number of nitrogens with one attached hydrogen (secondary N) is 1. The van der Waals surface area contributed by atoms with Crippen molar-refractivity contribution in [3.05, 3.63) is 83.3 Å². The number of aromatic amines is 1. The van der Waals surface area contributed by atoms with E-state index in [1.807, 2.05) is 47.5 Å². The highest BCUT2D eigenvalue weighted by atomic mass is 19.4. The number of fused-ring (bicyclic) bond motifs is 1. The van der Waals surface area contributed by atoms with Crippen LogP contribution in [-0.4, -0.2) is 14.9 Å². The van der Waals surface area contributed by atoms with E-state index in [4.69, 9.17) is 0 Å². The van der Waals surface area contributed by atoms with Crippen LogP contribution in [0.3, 0.4) is 0 Å². The quantitative estimate of drug-likeness (QED) is 0.710. The molecule has 1 N–H and O–H groups in total. The van der Waals surface area contributed by atoms with Crippen molar-refractivity contribution in [1.82, 2.24) is 14.9 Å². The smallest absolute Gasteiger partial charge is 0.367 e. The van der Waals surface area contributed by atoms with Crippen molar-refractivity contribution in [3.8, 4) is 11.4 Å². The number of alkyl halides is 3. The summed E-state index contributed by atoms with van der Waals surface area (Å²) in [6, 6.07) is 15.2. The molecule has 132 valence electrons. The van der Waals surface area contributed by atoms with Crippen molar-refractivity contribution >= 4 is 6.08 Å². The summed E-state index contributed by atoms with van der Waals surface area (Å²) in [6.07, 6.45) is -0.420. The predicted octanol–water partition coefficient (Wildman–Crippen LogP) is 5.08. The Balaban J connectivity index is 1.48. The van der Waals surface area contributed by atoms with Crippen molar-refractivity contribution in [2.75, 3.05) is 0 Å². The van der Waals surface area contributed by atoms with E-state index in [1.54, 1.807) is 0 Å².